The quantitative estimate of drug-likeness (QED) is 0.381. The molecule has 0 amide bonds. The molecule has 0 radical (unpaired) electrons. The maximum atomic E-state index is 13.7. The Morgan fingerprint density at radius 3 is 2.48 bits per heavy atom. The third kappa shape index (κ3) is 7.34. The molecule has 172 valence electrons. The summed E-state index contributed by atoms with van der Waals surface area (Å²) in [6.07, 6.45) is 6.71. The van der Waals surface area contributed by atoms with Crippen LogP contribution in [0.15, 0.2) is 22.7 Å². The van der Waals surface area contributed by atoms with Gasteiger partial charge in [0.2, 0.25) is 11.7 Å². The number of nitrogens with one attached hydrogen (secondary N) is 1. The number of benzene rings is 1. The number of hydrogen-bond acceptors (Lipinski definition) is 4. The summed E-state index contributed by atoms with van der Waals surface area (Å²) in [5.74, 6) is 1.15. The third-order valence-electron chi connectivity index (χ3n) is 6.07. The van der Waals surface area contributed by atoms with Gasteiger partial charge < -0.3 is 9.84 Å². The molecule has 2 heterocycles. The summed E-state index contributed by atoms with van der Waals surface area (Å²) in [4.78, 5) is 4.34. The first kappa shape index (κ1) is 23.8. The highest BCUT2D eigenvalue weighted by molar-refractivity contribution is 5.57. The predicted octanol–water partition coefficient (Wildman–Crippen LogP) is 6.59. The Balaban J connectivity index is 1.59. The van der Waals surface area contributed by atoms with Gasteiger partial charge in [0, 0.05) is 12.0 Å². The van der Waals surface area contributed by atoms with Crippen molar-refractivity contribution in [3.05, 3.63) is 35.2 Å². The standard InChI is InChI=1S/C24H34F3N3O/c1-2-3-4-5-6-7-8-9-10-19-11-12-20(16-21(19)24(25,26)27)23-29-22(31-30-23)15-18-13-14-28-17-18/h11-12,16,18,28H,2-10,13-15,17H2,1H3/t18-/m0/s1. The van der Waals surface area contributed by atoms with Gasteiger partial charge in [-0.25, -0.2) is 0 Å². The van der Waals surface area contributed by atoms with E-state index in [9.17, 15) is 13.2 Å². The average molecular weight is 438 g/mol. The molecule has 7 heteroatoms. The van der Waals surface area contributed by atoms with Crippen LogP contribution in [-0.2, 0) is 19.0 Å². The van der Waals surface area contributed by atoms with E-state index in [0.29, 0.717) is 35.8 Å². The molecule has 3 rings (SSSR count). The fourth-order valence-electron chi connectivity index (χ4n) is 4.24. The number of aryl methyl sites for hydroxylation is 1. The molecule has 0 bridgehead atoms. The molecule has 1 fully saturated rings. The first-order valence-electron chi connectivity index (χ1n) is 11.7. The topological polar surface area (TPSA) is 51.0 Å². The van der Waals surface area contributed by atoms with E-state index in [4.69, 9.17) is 4.52 Å². The molecule has 1 aromatic heterocycles. The van der Waals surface area contributed by atoms with Crippen molar-refractivity contribution in [2.24, 2.45) is 5.92 Å². The van der Waals surface area contributed by atoms with Crippen molar-refractivity contribution in [3.8, 4) is 11.4 Å². The van der Waals surface area contributed by atoms with Crippen LogP contribution in [-0.4, -0.2) is 23.2 Å². The minimum absolute atomic E-state index is 0.227. The van der Waals surface area contributed by atoms with Crippen LogP contribution in [0.5, 0.6) is 0 Å². The first-order chi connectivity index (χ1) is 15.0. The van der Waals surface area contributed by atoms with Crippen molar-refractivity contribution >= 4 is 0 Å². The Hall–Kier alpha value is -1.89. The van der Waals surface area contributed by atoms with E-state index in [2.05, 4.69) is 22.4 Å². The Labute approximate surface area is 183 Å². The zero-order valence-electron chi connectivity index (χ0n) is 18.4. The van der Waals surface area contributed by atoms with Gasteiger partial charge in [0.25, 0.3) is 0 Å². The zero-order valence-corrected chi connectivity index (χ0v) is 18.4. The minimum atomic E-state index is -4.40. The smallest absolute Gasteiger partial charge is 0.339 e. The molecular formula is C24H34F3N3O. The van der Waals surface area contributed by atoms with Crippen LogP contribution in [0.1, 0.15) is 81.7 Å². The highest BCUT2D eigenvalue weighted by Crippen LogP contribution is 2.35. The molecule has 1 aliphatic heterocycles. The van der Waals surface area contributed by atoms with E-state index >= 15 is 0 Å². The van der Waals surface area contributed by atoms with Crippen LogP contribution in [0.25, 0.3) is 11.4 Å². The molecule has 0 saturated carbocycles. The highest BCUT2D eigenvalue weighted by Gasteiger charge is 2.33. The molecule has 4 nitrogen and oxygen atoms in total. The lowest BCUT2D eigenvalue weighted by Gasteiger charge is -2.14. The number of alkyl halides is 3. The molecule has 0 spiro atoms. The van der Waals surface area contributed by atoms with Gasteiger partial charge in [-0.15, -0.1) is 0 Å². The van der Waals surface area contributed by atoms with Gasteiger partial charge in [-0.2, -0.15) is 18.2 Å². The van der Waals surface area contributed by atoms with Crippen molar-refractivity contribution in [3.63, 3.8) is 0 Å². The predicted molar refractivity (Wildman–Crippen MR) is 116 cm³/mol. The molecule has 1 aromatic carbocycles. The minimum Gasteiger partial charge on any atom is -0.339 e. The summed E-state index contributed by atoms with van der Waals surface area (Å²) in [6.45, 7) is 4.07. The van der Waals surface area contributed by atoms with Gasteiger partial charge in [-0.1, -0.05) is 69.2 Å². The van der Waals surface area contributed by atoms with E-state index < -0.39 is 11.7 Å². The molecule has 31 heavy (non-hydrogen) atoms. The second kappa shape index (κ2) is 11.7. The maximum absolute atomic E-state index is 13.7. The Morgan fingerprint density at radius 2 is 1.81 bits per heavy atom. The second-order valence-electron chi connectivity index (χ2n) is 8.67. The molecule has 2 aromatic rings. The summed E-state index contributed by atoms with van der Waals surface area (Å²) in [7, 11) is 0. The fourth-order valence-corrected chi connectivity index (χ4v) is 4.24. The molecule has 0 aliphatic carbocycles. The van der Waals surface area contributed by atoms with E-state index in [-0.39, 0.29) is 5.82 Å². The Bertz CT molecular complexity index is 798. The largest absolute Gasteiger partial charge is 0.416 e. The SMILES string of the molecule is CCCCCCCCCCc1ccc(-c2noc(C[C@@H]3CCNC3)n2)cc1C(F)(F)F. The zero-order chi connectivity index (χ0) is 22.1. The van der Waals surface area contributed by atoms with Gasteiger partial charge in [-0.3, -0.25) is 0 Å². The number of rotatable bonds is 12. The molecule has 1 saturated heterocycles. The van der Waals surface area contributed by atoms with E-state index in [0.717, 1.165) is 38.8 Å². The lowest BCUT2D eigenvalue weighted by Crippen LogP contribution is -2.11. The van der Waals surface area contributed by atoms with Gasteiger partial charge in [0.05, 0.1) is 5.56 Å². The summed E-state index contributed by atoms with van der Waals surface area (Å²) in [5, 5.41) is 7.21. The highest BCUT2D eigenvalue weighted by atomic mass is 19.4. The van der Waals surface area contributed by atoms with Crippen LogP contribution >= 0.6 is 0 Å². The maximum Gasteiger partial charge on any atom is 0.416 e. The first-order valence-corrected chi connectivity index (χ1v) is 11.7. The second-order valence-corrected chi connectivity index (χ2v) is 8.67. The van der Waals surface area contributed by atoms with Crippen LogP contribution in [0.4, 0.5) is 13.2 Å². The Kier molecular flexibility index (Phi) is 8.93. The fraction of sp³-hybridized carbons (Fsp3) is 0.667. The van der Waals surface area contributed by atoms with Crippen molar-refractivity contribution in [1.29, 1.82) is 0 Å². The number of unbranched alkanes of at least 4 members (excludes halogenated alkanes) is 7. The van der Waals surface area contributed by atoms with Crippen molar-refractivity contribution < 1.29 is 17.7 Å². The van der Waals surface area contributed by atoms with Crippen LogP contribution in [0, 0.1) is 5.92 Å². The number of halogens is 3. The molecular weight excluding hydrogens is 403 g/mol. The van der Waals surface area contributed by atoms with E-state index in [1.807, 2.05) is 0 Å². The average Bonchev–Trinajstić information content (AvgIpc) is 3.42. The van der Waals surface area contributed by atoms with E-state index in [1.54, 1.807) is 12.1 Å². The van der Waals surface area contributed by atoms with Crippen molar-refractivity contribution in [1.82, 2.24) is 15.5 Å². The molecule has 1 N–H and O–H groups in total. The van der Waals surface area contributed by atoms with Gasteiger partial charge in [0.1, 0.15) is 0 Å². The number of hydrogen-bond donors (Lipinski definition) is 1. The summed E-state index contributed by atoms with van der Waals surface area (Å²) < 4.78 is 46.4. The summed E-state index contributed by atoms with van der Waals surface area (Å²) in [6, 6.07) is 4.43. The van der Waals surface area contributed by atoms with Crippen LogP contribution in [0.2, 0.25) is 0 Å². The summed E-state index contributed by atoms with van der Waals surface area (Å²) >= 11 is 0. The van der Waals surface area contributed by atoms with E-state index in [1.165, 1.54) is 38.2 Å². The van der Waals surface area contributed by atoms with Crippen molar-refractivity contribution in [2.75, 3.05) is 13.1 Å². The lowest BCUT2D eigenvalue weighted by molar-refractivity contribution is -0.138. The lowest BCUT2D eigenvalue weighted by atomic mass is 9.97. The molecule has 1 atom stereocenters. The van der Waals surface area contributed by atoms with Gasteiger partial charge in [-0.05, 0) is 49.9 Å². The van der Waals surface area contributed by atoms with Gasteiger partial charge >= 0.3 is 6.18 Å². The van der Waals surface area contributed by atoms with Crippen molar-refractivity contribution in [2.45, 2.75) is 83.7 Å². The number of aromatic nitrogens is 2. The monoisotopic (exact) mass is 437 g/mol. The molecule has 0 unspecified atom stereocenters. The third-order valence-corrected chi connectivity index (χ3v) is 6.07. The van der Waals surface area contributed by atoms with Crippen LogP contribution in [0.3, 0.4) is 0 Å². The van der Waals surface area contributed by atoms with Gasteiger partial charge in [0.15, 0.2) is 0 Å². The molecule has 1 aliphatic rings. The van der Waals surface area contributed by atoms with Crippen LogP contribution < -0.4 is 5.32 Å². The normalized spacial score (nSPS) is 16.8. The Morgan fingerprint density at radius 1 is 1.06 bits per heavy atom. The summed E-state index contributed by atoms with van der Waals surface area (Å²) in [5.41, 5.74) is 0.119. The number of nitrogens with zero attached hydrogens (tertiary/aromatic N) is 2.